The monoisotopic (exact) mass is 308 g/mol. The number of halogens is 3. The normalized spacial score (nSPS) is 27.7. The lowest BCUT2D eigenvalue weighted by Gasteiger charge is -2.40. The Kier molecular flexibility index (Phi) is 3.65. The maximum absolute atomic E-state index is 13.5. The molecular formula is C11H11BrF2O3. The van der Waals surface area contributed by atoms with Crippen LogP contribution in [0, 0.1) is 11.6 Å². The molecule has 3 atom stereocenters. The highest BCUT2D eigenvalue weighted by Crippen LogP contribution is 2.34. The van der Waals surface area contributed by atoms with Gasteiger partial charge in [0, 0.05) is 19.6 Å². The number of hydrogen-bond acceptors (Lipinski definition) is 3. The van der Waals surface area contributed by atoms with Crippen molar-refractivity contribution in [2.75, 3.05) is 7.11 Å². The van der Waals surface area contributed by atoms with Gasteiger partial charge in [-0.05, 0) is 22.0 Å². The van der Waals surface area contributed by atoms with Crippen molar-refractivity contribution < 1.29 is 23.4 Å². The van der Waals surface area contributed by atoms with Gasteiger partial charge >= 0.3 is 0 Å². The molecule has 1 aliphatic carbocycles. The molecule has 1 fully saturated rings. The van der Waals surface area contributed by atoms with E-state index in [1.165, 1.54) is 7.11 Å². The van der Waals surface area contributed by atoms with Crippen LogP contribution in [0.3, 0.4) is 0 Å². The summed E-state index contributed by atoms with van der Waals surface area (Å²) >= 11 is 3.03. The van der Waals surface area contributed by atoms with Gasteiger partial charge in [0.05, 0.1) is 10.6 Å². The van der Waals surface area contributed by atoms with E-state index in [0.29, 0.717) is 6.42 Å². The lowest BCUT2D eigenvalue weighted by molar-refractivity contribution is -0.149. The highest BCUT2D eigenvalue weighted by atomic mass is 79.9. The van der Waals surface area contributed by atoms with Crippen molar-refractivity contribution >= 4 is 15.9 Å². The molecule has 0 spiro atoms. The van der Waals surface area contributed by atoms with Crippen molar-refractivity contribution in [2.24, 2.45) is 0 Å². The van der Waals surface area contributed by atoms with E-state index in [2.05, 4.69) is 15.9 Å². The molecule has 1 aliphatic rings. The predicted molar refractivity (Wildman–Crippen MR) is 59.9 cm³/mol. The van der Waals surface area contributed by atoms with Gasteiger partial charge in [-0.15, -0.1) is 0 Å². The molecule has 0 aromatic heterocycles. The minimum atomic E-state index is -0.784. The summed E-state index contributed by atoms with van der Waals surface area (Å²) in [6.45, 7) is 0. The average Bonchev–Trinajstić information content (AvgIpc) is 2.21. The van der Waals surface area contributed by atoms with E-state index in [1.807, 2.05) is 0 Å². The van der Waals surface area contributed by atoms with E-state index in [-0.39, 0.29) is 10.2 Å². The van der Waals surface area contributed by atoms with Gasteiger partial charge in [0.25, 0.3) is 0 Å². The van der Waals surface area contributed by atoms with E-state index in [9.17, 15) is 13.9 Å². The fourth-order valence-corrected chi connectivity index (χ4v) is 2.28. The van der Waals surface area contributed by atoms with Gasteiger partial charge < -0.3 is 14.6 Å². The minimum Gasteiger partial charge on any atom is -0.483 e. The van der Waals surface area contributed by atoms with Gasteiger partial charge in [-0.3, -0.25) is 0 Å². The van der Waals surface area contributed by atoms with Crippen molar-refractivity contribution in [3.8, 4) is 5.75 Å². The first-order chi connectivity index (χ1) is 8.02. The zero-order valence-electron chi connectivity index (χ0n) is 8.99. The summed E-state index contributed by atoms with van der Waals surface area (Å²) in [5.41, 5.74) is 0. The number of ether oxygens (including phenoxy) is 2. The van der Waals surface area contributed by atoms with Gasteiger partial charge in [-0.2, -0.15) is 0 Å². The van der Waals surface area contributed by atoms with E-state index in [0.717, 1.165) is 12.1 Å². The van der Waals surface area contributed by atoms with Crippen LogP contribution in [0.1, 0.15) is 6.42 Å². The Morgan fingerprint density at radius 2 is 2.12 bits per heavy atom. The first kappa shape index (κ1) is 12.7. The molecule has 1 N–H and O–H groups in total. The van der Waals surface area contributed by atoms with Crippen LogP contribution in [0.5, 0.6) is 5.75 Å². The predicted octanol–water partition coefficient (Wildman–Crippen LogP) is 2.25. The minimum absolute atomic E-state index is 0.0645. The zero-order valence-corrected chi connectivity index (χ0v) is 10.6. The molecule has 2 rings (SSSR count). The molecule has 1 saturated carbocycles. The zero-order chi connectivity index (χ0) is 12.6. The third kappa shape index (κ3) is 2.43. The average molecular weight is 309 g/mol. The molecule has 0 radical (unpaired) electrons. The molecule has 0 heterocycles. The Bertz CT molecular complexity index is 404. The van der Waals surface area contributed by atoms with Crippen molar-refractivity contribution in [2.45, 2.75) is 24.7 Å². The SMILES string of the molecule is COC1C(O)CC1Oc1c(F)cc(F)cc1Br. The van der Waals surface area contributed by atoms with Crippen LogP contribution in [0.2, 0.25) is 0 Å². The second-order valence-corrected chi connectivity index (χ2v) is 4.71. The Balaban J connectivity index is 2.14. The number of rotatable bonds is 3. The molecular weight excluding hydrogens is 298 g/mol. The van der Waals surface area contributed by atoms with Gasteiger partial charge in [-0.1, -0.05) is 0 Å². The molecule has 0 saturated heterocycles. The van der Waals surface area contributed by atoms with E-state index < -0.39 is 29.9 Å². The lowest BCUT2D eigenvalue weighted by Crippen LogP contribution is -2.54. The number of aliphatic hydroxyl groups excluding tert-OH is 1. The molecule has 3 unspecified atom stereocenters. The fourth-order valence-electron chi connectivity index (χ4n) is 1.78. The number of hydrogen-bond donors (Lipinski definition) is 1. The van der Waals surface area contributed by atoms with E-state index >= 15 is 0 Å². The fraction of sp³-hybridized carbons (Fsp3) is 0.455. The first-order valence-corrected chi connectivity index (χ1v) is 5.84. The largest absolute Gasteiger partial charge is 0.483 e. The third-order valence-electron chi connectivity index (χ3n) is 2.72. The lowest BCUT2D eigenvalue weighted by atomic mass is 9.88. The van der Waals surface area contributed by atoms with Crippen LogP contribution >= 0.6 is 15.9 Å². The molecule has 0 aliphatic heterocycles. The standard InChI is InChI=1S/C11H11BrF2O3/c1-16-11-8(15)4-9(11)17-10-6(12)2-5(13)3-7(10)14/h2-3,8-9,11,15H,4H2,1H3. The summed E-state index contributed by atoms with van der Waals surface area (Å²) in [5, 5.41) is 9.37. The molecule has 0 bridgehead atoms. The Morgan fingerprint density at radius 1 is 1.41 bits per heavy atom. The van der Waals surface area contributed by atoms with Crippen molar-refractivity contribution in [3.05, 3.63) is 28.2 Å². The van der Waals surface area contributed by atoms with Crippen molar-refractivity contribution in [1.82, 2.24) is 0 Å². The maximum Gasteiger partial charge on any atom is 0.169 e. The van der Waals surface area contributed by atoms with Crippen LogP contribution in [-0.2, 0) is 4.74 Å². The van der Waals surface area contributed by atoms with Crippen LogP contribution in [0.25, 0.3) is 0 Å². The van der Waals surface area contributed by atoms with E-state index in [4.69, 9.17) is 9.47 Å². The quantitative estimate of drug-likeness (QED) is 0.931. The second-order valence-electron chi connectivity index (χ2n) is 3.86. The summed E-state index contributed by atoms with van der Waals surface area (Å²) in [7, 11) is 1.44. The molecule has 0 amide bonds. The topological polar surface area (TPSA) is 38.7 Å². The van der Waals surface area contributed by atoms with Gasteiger partial charge in [0.1, 0.15) is 18.0 Å². The highest BCUT2D eigenvalue weighted by Gasteiger charge is 2.42. The summed E-state index contributed by atoms with van der Waals surface area (Å²) < 4.78 is 36.9. The van der Waals surface area contributed by atoms with Crippen LogP contribution in [-0.4, -0.2) is 30.5 Å². The third-order valence-corrected chi connectivity index (χ3v) is 3.31. The summed E-state index contributed by atoms with van der Waals surface area (Å²) in [6.07, 6.45) is -1.15. The molecule has 94 valence electrons. The van der Waals surface area contributed by atoms with Gasteiger partial charge in [0.2, 0.25) is 0 Å². The smallest absolute Gasteiger partial charge is 0.169 e. The number of benzene rings is 1. The molecule has 3 nitrogen and oxygen atoms in total. The van der Waals surface area contributed by atoms with Crippen molar-refractivity contribution in [1.29, 1.82) is 0 Å². The van der Waals surface area contributed by atoms with Crippen molar-refractivity contribution in [3.63, 3.8) is 0 Å². The number of methoxy groups -OCH3 is 1. The van der Waals surface area contributed by atoms with Crippen LogP contribution in [0.4, 0.5) is 8.78 Å². The molecule has 6 heteroatoms. The molecule has 1 aromatic rings. The highest BCUT2D eigenvalue weighted by molar-refractivity contribution is 9.10. The Morgan fingerprint density at radius 3 is 2.65 bits per heavy atom. The molecule has 17 heavy (non-hydrogen) atoms. The van der Waals surface area contributed by atoms with Gasteiger partial charge in [0.15, 0.2) is 11.6 Å². The Labute approximate surface area is 105 Å². The van der Waals surface area contributed by atoms with Gasteiger partial charge in [-0.25, -0.2) is 8.78 Å². The van der Waals surface area contributed by atoms with E-state index in [1.54, 1.807) is 0 Å². The van der Waals surface area contributed by atoms with Crippen LogP contribution < -0.4 is 4.74 Å². The summed E-state index contributed by atoms with van der Waals surface area (Å²) in [6, 6.07) is 1.87. The Hall–Kier alpha value is -0.720. The molecule has 1 aromatic carbocycles. The second kappa shape index (κ2) is 4.88. The maximum atomic E-state index is 13.5. The first-order valence-electron chi connectivity index (χ1n) is 5.05. The summed E-state index contributed by atoms with van der Waals surface area (Å²) in [5.74, 6) is -1.53. The van der Waals surface area contributed by atoms with Crippen LogP contribution in [0.15, 0.2) is 16.6 Å². The summed E-state index contributed by atoms with van der Waals surface area (Å²) in [4.78, 5) is 0. The number of aliphatic hydroxyl groups is 1.